The van der Waals surface area contributed by atoms with Crippen molar-refractivity contribution >= 4 is 22.6 Å². The number of nitrogens with one attached hydrogen (secondary N) is 2. The summed E-state index contributed by atoms with van der Waals surface area (Å²) in [7, 11) is 1.73. The number of anilines is 1. The standard InChI is InChI=1S/C19H26N4O2/c1-14-6-7-16-4-3-5-17(18(16)21-14)22-19(24)20-12-15-8-9-23(13-15)10-11-25-2/h3-7,15H,8-13H2,1-2H3,(H2,20,22,24)/t15-/m0/s1. The summed E-state index contributed by atoms with van der Waals surface area (Å²) in [6, 6.07) is 9.63. The first kappa shape index (κ1) is 17.6. The van der Waals surface area contributed by atoms with Gasteiger partial charge in [-0.15, -0.1) is 0 Å². The van der Waals surface area contributed by atoms with Gasteiger partial charge >= 0.3 is 6.03 Å². The van der Waals surface area contributed by atoms with Gasteiger partial charge in [-0.3, -0.25) is 4.98 Å². The third-order valence-electron chi connectivity index (χ3n) is 4.64. The van der Waals surface area contributed by atoms with Crippen LogP contribution in [0.4, 0.5) is 10.5 Å². The fraction of sp³-hybridized carbons (Fsp3) is 0.474. The van der Waals surface area contributed by atoms with Gasteiger partial charge in [-0.2, -0.15) is 0 Å². The Bertz CT molecular complexity index is 734. The fourth-order valence-corrected chi connectivity index (χ4v) is 3.25. The molecule has 6 heteroatoms. The number of nitrogens with zero attached hydrogens (tertiary/aromatic N) is 2. The molecule has 1 atom stereocenters. The summed E-state index contributed by atoms with van der Waals surface area (Å²) in [6.45, 7) is 6.44. The summed E-state index contributed by atoms with van der Waals surface area (Å²) in [5.41, 5.74) is 2.50. The maximum Gasteiger partial charge on any atom is 0.319 e. The van der Waals surface area contributed by atoms with Crippen LogP contribution < -0.4 is 10.6 Å². The van der Waals surface area contributed by atoms with Crippen LogP contribution >= 0.6 is 0 Å². The van der Waals surface area contributed by atoms with E-state index in [1.54, 1.807) is 7.11 Å². The van der Waals surface area contributed by atoms with Crippen LogP contribution in [0.15, 0.2) is 30.3 Å². The van der Waals surface area contributed by atoms with Crippen molar-refractivity contribution in [2.45, 2.75) is 13.3 Å². The third kappa shape index (κ3) is 4.67. The number of rotatable bonds is 6. The summed E-state index contributed by atoms with van der Waals surface area (Å²) in [4.78, 5) is 19.2. The Balaban J connectivity index is 1.53. The molecule has 0 radical (unpaired) electrons. The number of urea groups is 1. The van der Waals surface area contributed by atoms with E-state index in [1.165, 1.54) is 0 Å². The monoisotopic (exact) mass is 342 g/mol. The van der Waals surface area contributed by atoms with Gasteiger partial charge in [0.05, 0.1) is 17.8 Å². The molecular formula is C19H26N4O2. The zero-order valence-electron chi connectivity index (χ0n) is 14.9. The molecule has 25 heavy (non-hydrogen) atoms. The van der Waals surface area contributed by atoms with Gasteiger partial charge in [0.2, 0.25) is 0 Å². The van der Waals surface area contributed by atoms with E-state index in [9.17, 15) is 4.79 Å². The maximum absolute atomic E-state index is 12.3. The summed E-state index contributed by atoms with van der Waals surface area (Å²) >= 11 is 0. The molecule has 0 unspecified atom stereocenters. The van der Waals surface area contributed by atoms with Gasteiger partial charge in [0.1, 0.15) is 0 Å². The molecule has 2 aromatic rings. The first-order valence-corrected chi connectivity index (χ1v) is 8.78. The van der Waals surface area contributed by atoms with Gasteiger partial charge in [0, 0.05) is 37.8 Å². The van der Waals surface area contributed by atoms with Crippen molar-refractivity contribution in [3.8, 4) is 0 Å². The number of para-hydroxylation sites is 1. The molecule has 2 amide bonds. The van der Waals surface area contributed by atoms with Crippen molar-refractivity contribution in [3.05, 3.63) is 36.0 Å². The molecular weight excluding hydrogens is 316 g/mol. The van der Waals surface area contributed by atoms with E-state index in [2.05, 4.69) is 20.5 Å². The van der Waals surface area contributed by atoms with Crippen LogP contribution in [-0.2, 0) is 4.74 Å². The molecule has 1 aliphatic heterocycles. The number of amides is 2. The highest BCUT2D eigenvalue weighted by Gasteiger charge is 2.22. The lowest BCUT2D eigenvalue weighted by atomic mass is 10.1. The normalized spacial score (nSPS) is 17.8. The van der Waals surface area contributed by atoms with Gasteiger partial charge in [-0.1, -0.05) is 18.2 Å². The van der Waals surface area contributed by atoms with Crippen LogP contribution in [0.25, 0.3) is 10.9 Å². The zero-order chi connectivity index (χ0) is 17.6. The second-order valence-electron chi connectivity index (χ2n) is 6.61. The molecule has 134 valence electrons. The Morgan fingerprint density at radius 1 is 1.36 bits per heavy atom. The lowest BCUT2D eigenvalue weighted by molar-refractivity contribution is 0.159. The molecule has 1 aromatic carbocycles. The van der Waals surface area contributed by atoms with E-state index >= 15 is 0 Å². The van der Waals surface area contributed by atoms with Crippen molar-refractivity contribution < 1.29 is 9.53 Å². The second-order valence-corrected chi connectivity index (χ2v) is 6.61. The summed E-state index contributed by atoms with van der Waals surface area (Å²) < 4.78 is 5.12. The van der Waals surface area contributed by atoms with Crippen molar-refractivity contribution in [2.75, 3.05) is 45.2 Å². The third-order valence-corrected chi connectivity index (χ3v) is 4.64. The number of hydrogen-bond acceptors (Lipinski definition) is 4. The topological polar surface area (TPSA) is 66.5 Å². The van der Waals surface area contributed by atoms with Crippen LogP contribution in [0.3, 0.4) is 0 Å². The van der Waals surface area contributed by atoms with Gasteiger partial charge in [0.25, 0.3) is 0 Å². The van der Waals surface area contributed by atoms with Crippen molar-refractivity contribution in [3.63, 3.8) is 0 Å². The molecule has 3 rings (SSSR count). The summed E-state index contributed by atoms with van der Waals surface area (Å²) in [6.07, 6.45) is 1.11. The Hall–Kier alpha value is -2.18. The number of carbonyl (C=O) groups is 1. The van der Waals surface area contributed by atoms with E-state index in [0.717, 1.165) is 54.9 Å². The number of carbonyl (C=O) groups excluding carboxylic acids is 1. The SMILES string of the molecule is COCCN1CC[C@@H](CNC(=O)Nc2cccc3ccc(C)nc23)C1. The van der Waals surface area contributed by atoms with Gasteiger partial charge in [-0.05, 0) is 37.9 Å². The molecule has 1 fully saturated rings. The average molecular weight is 342 g/mol. The number of aryl methyl sites for hydroxylation is 1. The number of likely N-dealkylation sites (tertiary alicyclic amines) is 1. The number of aromatic nitrogens is 1. The molecule has 0 bridgehead atoms. The van der Waals surface area contributed by atoms with Gasteiger partial charge < -0.3 is 20.3 Å². The average Bonchev–Trinajstić information content (AvgIpc) is 3.06. The number of benzene rings is 1. The Morgan fingerprint density at radius 3 is 3.08 bits per heavy atom. The lowest BCUT2D eigenvalue weighted by Gasteiger charge is -2.16. The number of ether oxygens (including phenoxy) is 1. The highest BCUT2D eigenvalue weighted by molar-refractivity contribution is 5.99. The van der Waals surface area contributed by atoms with E-state index in [0.29, 0.717) is 12.5 Å². The van der Waals surface area contributed by atoms with Crippen LogP contribution in [0.1, 0.15) is 12.1 Å². The van der Waals surface area contributed by atoms with Crippen molar-refractivity contribution in [1.29, 1.82) is 0 Å². The Labute approximate surface area is 148 Å². The smallest absolute Gasteiger partial charge is 0.319 e. The van der Waals surface area contributed by atoms with E-state index in [-0.39, 0.29) is 6.03 Å². The molecule has 1 saturated heterocycles. The van der Waals surface area contributed by atoms with E-state index in [1.807, 2.05) is 37.3 Å². The Morgan fingerprint density at radius 2 is 2.24 bits per heavy atom. The zero-order valence-corrected chi connectivity index (χ0v) is 14.9. The fourth-order valence-electron chi connectivity index (χ4n) is 3.25. The predicted molar refractivity (Wildman–Crippen MR) is 99.9 cm³/mol. The number of hydrogen-bond donors (Lipinski definition) is 2. The molecule has 0 aliphatic carbocycles. The molecule has 2 N–H and O–H groups in total. The molecule has 6 nitrogen and oxygen atoms in total. The van der Waals surface area contributed by atoms with Crippen molar-refractivity contribution in [2.24, 2.45) is 5.92 Å². The van der Waals surface area contributed by atoms with Crippen molar-refractivity contribution in [1.82, 2.24) is 15.2 Å². The minimum absolute atomic E-state index is 0.175. The Kier molecular flexibility index (Phi) is 5.83. The summed E-state index contributed by atoms with van der Waals surface area (Å²) in [5, 5.41) is 6.95. The number of fused-ring (bicyclic) bond motifs is 1. The van der Waals surface area contributed by atoms with Crippen LogP contribution in [0.5, 0.6) is 0 Å². The maximum atomic E-state index is 12.3. The first-order valence-electron chi connectivity index (χ1n) is 8.78. The highest BCUT2D eigenvalue weighted by atomic mass is 16.5. The molecule has 2 heterocycles. The summed E-state index contributed by atoms with van der Waals surface area (Å²) in [5.74, 6) is 0.496. The quantitative estimate of drug-likeness (QED) is 0.847. The minimum Gasteiger partial charge on any atom is -0.383 e. The second kappa shape index (κ2) is 8.27. The largest absolute Gasteiger partial charge is 0.383 e. The first-order chi connectivity index (χ1) is 12.2. The van der Waals surface area contributed by atoms with Crippen LogP contribution in [0, 0.1) is 12.8 Å². The number of pyridine rings is 1. The molecule has 1 aliphatic rings. The molecule has 0 spiro atoms. The van der Waals surface area contributed by atoms with Crippen LogP contribution in [0.2, 0.25) is 0 Å². The predicted octanol–water partition coefficient (Wildman–Crippen LogP) is 2.63. The highest BCUT2D eigenvalue weighted by Crippen LogP contribution is 2.21. The van der Waals surface area contributed by atoms with E-state index < -0.39 is 0 Å². The number of methoxy groups -OCH3 is 1. The van der Waals surface area contributed by atoms with Gasteiger partial charge in [0.15, 0.2) is 0 Å². The minimum atomic E-state index is -0.175. The molecule has 0 saturated carbocycles. The van der Waals surface area contributed by atoms with E-state index in [4.69, 9.17) is 4.74 Å². The van der Waals surface area contributed by atoms with Crippen LogP contribution in [-0.4, -0.2) is 55.8 Å². The van der Waals surface area contributed by atoms with Gasteiger partial charge in [-0.25, -0.2) is 4.79 Å². The molecule has 1 aromatic heterocycles. The lowest BCUT2D eigenvalue weighted by Crippen LogP contribution is -2.34.